The third kappa shape index (κ3) is 3.85. The van der Waals surface area contributed by atoms with Crippen LogP contribution in [0.3, 0.4) is 0 Å². The number of nitrogens with one attached hydrogen (secondary N) is 1. The van der Waals surface area contributed by atoms with Gasteiger partial charge in [-0.3, -0.25) is 4.90 Å². The molecule has 5 rings (SSSR count). The predicted molar refractivity (Wildman–Crippen MR) is 113 cm³/mol. The molecule has 2 aliphatic heterocycles. The molecule has 0 aromatic carbocycles. The maximum Gasteiger partial charge on any atom is 0.0113 e. The minimum atomic E-state index is 0.735. The van der Waals surface area contributed by atoms with Gasteiger partial charge in [0.2, 0.25) is 0 Å². The first-order valence-electron chi connectivity index (χ1n) is 12.3. The third-order valence-corrected chi connectivity index (χ3v) is 9.51. The van der Waals surface area contributed by atoms with Crippen LogP contribution < -0.4 is 5.32 Å². The average molecular weight is 374 g/mol. The fraction of sp³-hybridized carbons (Fsp3) is 1.00. The molecule has 3 aliphatic carbocycles. The lowest BCUT2D eigenvalue weighted by Gasteiger charge is -2.55. The lowest BCUT2D eigenvalue weighted by molar-refractivity contribution is -0.0453. The van der Waals surface area contributed by atoms with E-state index in [0.717, 1.165) is 41.0 Å². The molecule has 2 bridgehead atoms. The van der Waals surface area contributed by atoms with E-state index in [1.54, 1.807) is 6.42 Å². The first kappa shape index (κ1) is 18.9. The van der Waals surface area contributed by atoms with Crippen LogP contribution in [0.25, 0.3) is 0 Å². The van der Waals surface area contributed by atoms with Gasteiger partial charge in [-0.25, -0.2) is 0 Å². The third-order valence-electron chi connectivity index (χ3n) is 9.51. The van der Waals surface area contributed by atoms with Crippen LogP contribution in [0.2, 0.25) is 0 Å². The number of hydrogen-bond donors (Lipinski definition) is 1. The molecule has 5 aliphatic rings. The molecule has 2 saturated heterocycles. The van der Waals surface area contributed by atoms with Gasteiger partial charge in [0.05, 0.1) is 0 Å². The van der Waals surface area contributed by atoms with Gasteiger partial charge < -0.3 is 10.2 Å². The van der Waals surface area contributed by atoms with E-state index < -0.39 is 0 Å². The van der Waals surface area contributed by atoms with Gasteiger partial charge in [-0.05, 0) is 99.5 Å². The molecule has 5 atom stereocenters. The normalized spacial score (nSPS) is 43.6. The van der Waals surface area contributed by atoms with Gasteiger partial charge in [-0.1, -0.05) is 13.8 Å². The van der Waals surface area contributed by atoms with Crippen molar-refractivity contribution in [3.05, 3.63) is 0 Å². The van der Waals surface area contributed by atoms with Crippen molar-refractivity contribution in [3.8, 4) is 0 Å². The van der Waals surface area contributed by atoms with Crippen LogP contribution >= 0.6 is 0 Å². The molecule has 1 N–H and O–H groups in total. The van der Waals surface area contributed by atoms with Crippen molar-refractivity contribution in [2.24, 2.45) is 35.0 Å². The first-order chi connectivity index (χ1) is 13.1. The number of hydrogen-bond acceptors (Lipinski definition) is 3. The maximum atomic E-state index is 3.55. The second kappa shape index (κ2) is 7.61. The summed E-state index contributed by atoms with van der Waals surface area (Å²) in [5.74, 6) is 5.03. The standard InChI is InChI=1S/C24H43N3/c1-18-11-20-13-19(2)23(21(12-18)14-20)17-26-7-9-27(10-8-26)22-15-24(16-22)3-5-25-6-4-24/h18-23,25H,3-17H2,1-2H3. The quantitative estimate of drug-likeness (QED) is 0.811. The Morgan fingerprint density at radius 2 is 1.63 bits per heavy atom. The first-order valence-corrected chi connectivity index (χ1v) is 12.3. The molecule has 3 saturated carbocycles. The highest BCUT2D eigenvalue weighted by molar-refractivity contribution is 5.01. The molecule has 3 nitrogen and oxygen atoms in total. The van der Waals surface area contributed by atoms with Crippen LogP contribution in [-0.4, -0.2) is 61.7 Å². The molecule has 0 aromatic heterocycles. The van der Waals surface area contributed by atoms with Gasteiger partial charge >= 0.3 is 0 Å². The zero-order valence-electron chi connectivity index (χ0n) is 18.0. The van der Waals surface area contributed by atoms with Crippen molar-refractivity contribution in [1.82, 2.24) is 15.1 Å². The van der Waals surface area contributed by atoms with Gasteiger partial charge in [0, 0.05) is 38.8 Å². The highest BCUT2D eigenvalue weighted by Gasteiger charge is 2.47. The number of piperazine rings is 1. The Bertz CT molecular complexity index is 494. The highest BCUT2D eigenvalue weighted by Crippen LogP contribution is 2.50. The molecule has 1 spiro atoms. The SMILES string of the molecule is CC1CC2CC(C)C(CN3CCN(C4CC5(CCNCC5)C4)CC3)C(C1)C2. The molecular formula is C24H43N3. The number of piperidine rings is 1. The van der Waals surface area contributed by atoms with Crippen molar-refractivity contribution in [3.63, 3.8) is 0 Å². The minimum Gasteiger partial charge on any atom is -0.317 e. The zero-order valence-corrected chi connectivity index (χ0v) is 18.0. The van der Waals surface area contributed by atoms with E-state index in [2.05, 4.69) is 29.0 Å². The summed E-state index contributed by atoms with van der Waals surface area (Å²) in [7, 11) is 0. The van der Waals surface area contributed by atoms with E-state index in [1.165, 1.54) is 90.8 Å². The van der Waals surface area contributed by atoms with E-state index in [1.807, 2.05) is 0 Å². The van der Waals surface area contributed by atoms with Gasteiger partial charge in [0.15, 0.2) is 0 Å². The monoisotopic (exact) mass is 373 g/mol. The summed E-state index contributed by atoms with van der Waals surface area (Å²) >= 11 is 0. The zero-order chi connectivity index (χ0) is 18.4. The Hall–Kier alpha value is -0.120. The Labute approximate surface area is 167 Å². The van der Waals surface area contributed by atoms with Crippen LogP contribution in [0.5, 0.6) is 0 Å². The second-order valence-corrected chi connectivity index (χ2v) is 11.5. The van der Waals surface area contributed by atoms with Crippen LogP contribution in [0, 0.1) is 35.0 Å². The fourth-order valence-electron chi connectivity index (χ4n) is 8.01. The summed E-state index contributed by atoms with van der Waals surface area (Å²) in [6.45, 7) is 14.4. The molecular weight excluding hydrogens is 330 g/mol. The molecule has 0 amide bonds. The Morgan fingerprint density at radius 3 is 2.37 bits per heavy atom. The number of fused-ring (bicyclic) bond motifs is 2. The smallest absolute Gasteiger partial charge is 0.0113 e. The molecule has 0 radical (unpaired) electrons. The van der Waals surface area contributed by atoms with Gasteiger partial charge in [0.1, 0.15) is 0 Å². The Kier molecular flexibility index (Phi) is 5.32. The van der Waals surface area contributed by atoms with Crippen molar-refractivity contribution in [1.29, 1.82) is 0 Å². The minimum absolute atomic E-state index is 0.735. The second-order valence-electron chi connectivity index (χ2n) is 11.5. The van der Waals surface area contributed by atoms with Gasteiger partial charge in [-0.15, -0.1) is 0 Å². The largest absolute Gasteiger partial charge is 0.317 e. The van der Waals surface area contributed by atoms with Crippen molar-refractivity contribution < 1.29 is 0 Å². The van der Waals surface area contributed by atoms with E-state index >= 15 is 0 Å². The van der Waals surface area contributed by atoms with E-state index in [4.69, 9.17) is 0 Å². The van der Waals surface area contributed by atoms with Crippen LogP contribution in [0.15, 0.2) is 0 Å². The van der Waals surface area contributed by atoms with Gasteiger partial charge in [-0.2, -0.15) is 0 Å². The molecule has 3 heteroatoms. The van der Waals surface area contributed by atoms with Crippen molar-refractivity contribution >= 4 is 0 Å². The molecule has 27 heavy (non-hydrogen) atoms. The van der Waals surface area contributed by atoms with Crippen LogP contribution in [-0.2, 0) is 0 Å². The maximum absolute atomic E-state index is 3.55. The molecule has 2 heterocycles. The summed E-state index contributed by atoms with van der Waals surface area (Å²) in [6.07, 6.45) is 12.0. The van der Waals surface area contributed by atoms with E-state index in [9.17, 15) is 0 Å². The summed E-state index contributed by atoms with van der Waals surface area (Å²) in [4.78, 5) is 5.70. The highest BCUT2D eigenvalue weighted by atomic mass is 15.3. The lowest BCUT2D eigenvalue weighted by atomic mass is 9.60. The molecule has 5 unspecified atom stereocenters. The summed E-state index contributed by atoms with van der Waals surface area (Å²) in [5, 5.41) is 3.55. The Morgan fingerprint density at radius 1 is 0.889 bits per heavy atom. The summed E-state index contributed by atoms with van der Waals surface area (Å²) < 4.78 is 0. The van der Waals surface area contributed by atoms with Crippen molar-refractivity contribution in [2.45, 2.75) is 71.3 Å². The predicted octanol–water partition coefficient (Wildman–Crippen LogP) is 3.84. The van der Waals surface area contributed by atoms with Gasteiger partial charge in [0.25, 0.3) is 0 Å². The lowest BCUT2D eigenvalue weighted by Crippen LogP contribution is -2.59. The topological polar surface area (TPSA) is 18.5 Å². The van der Waals surface area contributed by atoms with E-state index in [0.29, 0.717) is 0 Å². The van der Waals surface area contributed by atoms with Crippen LogP contribution in [0.4, 0.5) is 0 Å². The van der Waals surface area contributed by atoms with Crippen LogP contribution in [0.1, 0.15) is 65.2 Å². The molecule has 0 aromatic rings. The fourth-order valence-corrected chi connectivity index (χ4v) is 8.01. The molecule has 5 fully saturated rings. The Balaban J connectivity index is 1.09. The summed E-state index contributed by atoms with van der Waals surface area (Å²) in [6, 6.07) is 0.916. The van der Waals surface area contributed by atoms with Crippen molar-refractivity contribution in [2.75, 3.05) is 45.8 Å². The average Bonchev–Trinajstić information content (AvgIpc) is 2.64. The number of nitrogens with zero attached hydrogens (tertiary/aromatic N) is 2. The summed E-state index contributed by atoms with van der Waals surface area (Å²) in [5.41, 5.74) is 0.735. The molecule has 154 valence electrons. The van der Waals surface area contributed by atoms with E-state index in [-0.39, 0.29) is 0 Å². The number of rotatable bonds is 3.